The van der Waals surface area contributed by atoms with Crippen molar-refractivity contribution in [3.05, 3.63) is 64.1 Å². The third-order valence-electron chi connectivity index (χ3n) is 3.78. The first-order valence-electron chi connectivity index (χ1n) is 7.37. The summed E-state index contributed by atoms with van der Waals surface area (Å²) < 4.78 is 5.46. The minimum absolute atomic E-state index is 0.0660. The van der Waals surface area contributed by atoms with Crippen LogP contribution < -0.4 is 5.32 Å². The van der Waals surface area contributed by atoms with Crippen molar-refractivity contribution in [2.24, 2.45) is 0 Å². The van der Waals surface area contributed by atoms with E-state index >= 15 is 0 Å². The summed E-state index contributed by atoms with van der Waals surface area (Å²) in [7, 11) is 0. The number of nitrogens with one attached hydrogen (secondary N) is 1. The molecule has 0 bridgehead atoms. The van der Waals surface area contributed by atoms with E-state index in [2.05, 4.69) is 11.9 Å². The lowest BCUT2D eigenvalue weighted by atomic mass is 9.97. The van der Waals surface area contributed by atoms with Crippen molar-refractivity contribution in [1.29, 1.82) is 0 Å². The molecule has 1 aromatic heterocycles. The molecule has 0 unspecified atom stereocenters. The Morgan fingerprint density at radius 3 is 2.74 bits per heavy atom. The van der Waals surface area contributed by atoms with E-state index in [0.717, 1.165) is 16.0 Å². The summed E-state index contributed by atoms with van der Waals surface area (Å²) in [4.78, 5) is 25.7. The molecule has 2 heterocycles. The fraction of sp³-hybridized carbons (Fsp3) is 0.222. The molecule has 118 valence electrons. The number of carbonyl (C=O) groups is 2. The van der Waals surface area contributed by atoms with Crippen LogP contribution in [-0.4, -0.2) is 18.3 Å². The number of ether oxygens (including phenoxy) is 1. The summed E-state index contributed by atoms with van der Waals surface area (Å²) in [5.74, 6) is -0.383. The second kappa shape index (κ2) is 6.48. The summed E-state index contributed by atoms with van der Waals surface area (Å²) in [6, 6.07) is 7.47. The first-order valence-corrected chi connectivity index (χ1v) is 8.19. The van der Waals surface area contributed by atoms with Crippen LogP contribution in [0.25, 0.3) is 0 Å². The minimum Gasteiger partial charge on any atom is -0.376 e. The van der Waals surface area contributed by atoms with Gasteiger partial charge in [-0.1, -0.05) is 36.4 Å². The van der Waals surface area contributed by atoms with E-state index in [1.54, 1.807) is 0 Å². The normalized spacial score (nSPS) is 13.3. The third kappa shape index (κ3) is 3.11. The van der Waals surface area contributed by atoms with Gasteiger partial charge in [-0.05, 0) is 25.0 Å². The number of hydrogen-bond acceptors (Lipinski definition) is 4. The molecule has 23 heavy (non-hydrogen) atoms. The number of rotatable bonds is 4. The topological polar surface area (TPSA) is 55.4 Å². The molecule has 5 heteroatoms. The van der Waals surface area contributed by atoms with Crippen LogP contribution in [0.2, 0.25) is 0 Å². The molecule has 0 aliphatic carbocycles. The van der Waals surface area contributed by atoms with Crippen molar-refractivity contribution >= 4 is 28.0 Å². The number of thiophene rings is 1. The molecule has 4 nitrogen and oxygen atoms in total. The van der Waals surface area contributed by atoms with Crippen LogP contribution in [0.3, 0.4) is 0 Å². The molecule has 1 aromatic carbocycles. The number of ketones is 1. The fourth-order valence-electron chi connectivity index (χ4n) is 2.57. The summed E-state index contributed by atoms with van der Waals surface area (Å²) >= 11 is 1.41. The molecule has 1 amide bonds. The molecule has 3 rings (SSSR count). The van der Waals surface area contributed by atoms with Gasteiger partial charge < -0.3 is 10.1 Å². The van der Waals surface area contributed by atoms with E-state index in [1.807, 2.05) is 31.2 Å². The largest absolute Gasteiger partial charge is 0.376 e. The Labute approximate surface area is 138 Å². The predicted molar refractivity (Wildman–Crippen MR) is 91.1 cm³/mol. The number of benzene rings is 1. The lowest BCUT2D eigenvalue weighted by molar-refractivity contribution is -0.111. The Morgan fingerprint density at radius 2 is 2.04 bits per heavy atom. The van der Waals surface area contributed by atoms with Gasteiger partial charge in [-0.2, -0.15) is 0 Å². The monoisotopic (exact) mass is 327 g/mol. The molecular formula is C18H17NO3S. The standard InChI is InChI=1S/C18H17NO3S/c1-3-15(20)19-18-16(13-8-9-22-10-14(13)23-18)17(21)12-6-4-11(2)5-7-12/h3-7H,1,8-10H2,2H3,(H,19,20). The Kier molecular flexibility index (Phi) is 4.41. The van der Waals surface area contributed by atoms with Gasteiger partial charge in [-0.3, -0.25) is 9.59 Å². The average Bonchev–Trinajstić information content (AvgIpc) is 2.92. The first-order chi connectivity index (χ1) is 11.1. The highest BCUT2D eigenvalue weighted by Gasteiger charge is 2.27. The van der Waals surface area contributed by atoms with Gasteiger partial charge in [-0.25, -0.2) is 0 Å². The van der Waals surface area contributed by atoms with Gasteiger partial charge in [0.05, 0.1) is 18.8 Å². The number of fused-ring (bicyclic) bond motifs is 1. The molecule has 2 aromatic rings. The van der Waals surface area contributed by atoms with E-state index in [4.69, 9.17) is 4.74 Å². The van der Waals surface area contributed by atoms with Gasteiger partial charge in [0.1, 0.15) is 5.00 Å². The summed E-state index contributed by atoms with van der Waals surface area (Å²) in [6.07, 6.45) is 1.89. The molecule has 1 aliphatic heterocycles. The van der Waals surface area contributed by atoms with Crippen molar-refractivity contribution in [2.75, 3.05) is 11.9 Å². The molecule has 0 fully saturated rings. The number of hydrogen-bond donors (Lipinski definition) is 1. The van der Waals surface area contributed by atoms with Crippen LogP contribution in [0.15, 0.2) is 36.9 Å². The Balaban J connectivity index is 2.06. The van der Waals surface area contributed by atoms with Crippen LogP contribution >= 0.6 is 11.3 Å². The molecule has 0 saturated carbocycles. The molecular weight excluding hydrogens is 310 g/mol. The minimum atomic E-state index is -0.317. The zero-order chi connectivity index (χ0) is 16.4. The second-order valence-corrected chi connectivity index (χ2v) is 6.50. The van der Waals surface area contributed by atoms with Crippen LogP contribution in [0.4, 0.5) is 5.00 Å². The maximum atomic E-state index is 13.0. The zero-order valence-electron chi connectivity index (χ0n) is 12.8. The molecule has 0 radical (unpaired) electrons. The highest BCUT2D eigenvalue weighted by Crippen LogP contribution is 2.37. The zero-order valence-corrected chi connectivity index (χ0v) is 13.7. The van der Waals surface area contributed by atoms with Crippen LogP contribution in [0.1, 0.15) is 31.9 Å². The molecule has 1 aliphatic rings. The second-order valence-electron chi connectivity index (χ2n) is 5.40. The van der Waals surface area contributed by atoms with E-state index in [-0.39, 0.29) is 11.7 Å². The summed E-state index contributed by atoms with van der Waals surface area (Å²) in [6.45, 7) is 6.52. The maximum absolute atomic E-state index is 13.0. The smallest absolute Gasteiger partial charge is 0.248 e. The van der Waals surface area contributed by atoms with Crippen LogP contribution in [-0.2, 0) is 22.6 Å². The van der Waals surface area contributed by atoms with Gasteiger partial charge in [-0.15, -0.1) is 11.3 Å². The molecule has 0 spiro atoms. The van der Waals surface area contributed by atoms with Crippen molar-refractivity contribution in [3.63, 3.8) is 0 Å². The fourth-order valence-corrected chi connectivity index (χ4v) is 3.76. The van der Waals surface area contributed by atoms with Crippen molar-refractivity contribution in [2.45, 2.75) is 20.0 Å². The van der Waals surface area contributed by atoms with Crippen LogP contribution in [0.5, 0.6) is 0 Å². The molecule has 0 saturated heterocycles. The Bertz CT molecular complexity index is 774. The van der Waals surface area contributed by atoms with Crippen molar-refractivity contribution in [3.8, 4) is 0 Å². The van der Waals surface area contributed by atoms with E-state index in [0.29, 0.717) is 35.8 Å². The quantitative estimate of drug-likeness (QED) is 0.691. The number of amides is 1. The summed E-state index contributed by atoms with van der Waals surface area (Å²) in [5, 5.41) is 3.34. The van der Waals surface area contributed by atoms with E-state index in [9.17, 15) is 9.59 Å². The first kappa shape index (κ1) is 15.6. The van der Waals surface area contributed by atoms with E-state index < -0.39 is 0 Å². The van der Waals surface area contributed by atoms with Gasteiger partial charge in [0.15, 0.2) is 5.78 Å². The highest BCUT2D eigenvalue weighted by atomic mass is 32.1. The lowest BCUT2D eigenvalue weighted by Gasteiger charge is -2.13. The predicted octanol–water partition coefficient (Wildman–Crippen LogP) is 3.48. The third-order valence-corrected chi connectivity index (χ3v) is 4.90. The van der Waals surface area contributed by atoms with Gasteiger partial charge in [0, 0.05) is 10.4 Å². The maximum Gasteiger partial charge on any atom is 0.248 e. The number of anilines is 1. The highest BCUT2D eigenvalue weighted by molar-refractivity contribution is 7.17. The Morgan fingerprint density at radius 1 is 1.30 bits per heavy atom. The average molecular weight is 327 g/mol. The van der Waals surface area contributed by atoms with Crippen LogP contribution in [0, 0.1) is 6.92 Å². The Hall–Kier alpha value is -2.24. The van der Waals surface area contributed by atoms with Crippen molar-refractivity contribution in [1.82, 2.24) is 0 Å². The van der Waals surface area contributed by atoms with Gasteiger partial charge in [0.2, 0.25) is 5.91 Å². The van der Waals surface area contributed by atoms with E-state index in [1.165, 1.54) is 17.4 Å². The number of aryl methyl sites for hydroxylation is 1. The summed E-state index contributed by atoms with van der Waals surface area (Å²) in [5.41, 5.74) is 3.30. The molecule has 0 atom stereocenters. The molecule has 1 N–H and O–H groups in total. The van der Waals surface area contributed by atoms with Gasteiger partial charge in [0.25, 0.3) is 0 Å². The lowest BCUT2D eigenvalue weighted by Crippen LogP contribution is -2.14. The SMILES string of the molecule is C=CC(=O)Nc1sc2c(c1C(=O)c1ccc(C)cc1)CCOC2. The van der Waals surface area contributed by atoms with Gasteiger partial charge >= 0.3 is 0 Å². The van der Waals surface area contributed by atoms with Crippen molar-refractivity contribution < 1.29 is 14.3 Å². The number of carbonyl (C=O) groups excluding carboxylic acids is 2.